The summed E-state index contributed by atoms with van der Waals surface area (Å²) in [6.45, 7) is 5.73. The summed E-state index contributed by atoms with van der Waals surface area (Å²) in [7, 11) is 0. The highest BCUT2D eigenvalue weighted by Crippen LogP contribution is 2.26. The lowest BCUT2D eigenvalue weighted by Gasteiger charge is -2.40. The number of carbonyl (C=O) groups is 2. The van der Waals surface area contributed by atoms with Gasteiger partial charge in [0.05, 0.1) is 5.69 Å². The van der Waals surface area contributed by atoms with Gasteiger partial charge in [-0.2, -0.15) is 5.10 Å². The maximum Gasteiger partial charge on any atom is 0.342 e. The van der Waals surface area contributed by atoms with E-state index < -0.39 is 12.1 Å². The topological polar surface area (TPSA) is 77.3 Å². The third-order valence-corrected chi connectivity index (χ3v) is 5.97. The van der Waals surface area contributed by atoms with Crippen LogP contribution in [0.15, 0.2) is 61.1 Å². The van der Waals surface area contributed by atoms with E-state index in [-0.39, 0.29) is 18.0 Å². The van der Waals surface area contributed by atoms with E-state index in [4.69, 9.17) is 4.74 Å². The summed E-state index contributed by atoms with van der Waals surface area (Å²) in [6, 6.07) is 13.4. The van der Waals surface area contributed by atoms with Crippen molar-refractivity contribution in [2.24, 2.45) is 0 Å². The zero-order valence-electron chi connectivity index (χ0n) is 18.6. The Labute approximate surface area is 188 Å². The smallest absolute Gasteiger partial charge is 0.342 e. The van der Waals surface area contributed by atoms with Crippen molar-refractivity contribution in [2.75, 3.05) is 0 Å². The molecule has 7 nitrogen and oxygen atoms in total. The molecule has 1 aromatic carbocycles. The number of likely N-dealkylation sites (tertiary alicyclic amines) is 1. The zero-order valence-corrected chi connectivity index (χ0v) is 18.6. The van der Waals surface area contributed by atoms with Crippen molar-refractivity contribution in [1.82, 2.24) is 19.7 Å². The van der Waals surface area contributed by atoms with Crippen molar-refractivity contribution in [3.05, 3.63) is 66.6 Å². The van der Waals surface area contributed by atoms with Crippen molar-refractivity contribution >= 4 is 11.9 Å². The number of ether oxygens (including phenoxy) is 1. The monoisotopic (exact) mass is 432 g/mol. The molecule has 0 spiro atoms. The van der Waals surface area contributed by atoms with E-state index in [2.05, 4.69) is 10.1 Å². The molecule has 0 saturated carbocycles. The summed E-state index contributed by atoms with van der Waals surface area (Å²) in [5.41, 5.74) is 2.27. The molecule has 0 radical (unpaired) electrons. The maximum absolute atomic E-state index is 13.2. The molecule has 0 unspecified atom stereocenters. The van der Waals surface area contributed by atoms with Crippen molar-refractivity contribution in [3.63, 3.8) is 0 Å². The van der Waals surface area contributed by atoms with Crippen LogP contribution in [0, 0.1) is 0 Å². The number of hydrogen-bond donors (Lipinski definition) is 0. The van der Waals surface area contributed by atoms with Crippen LogP contribution in [0.1, 0.15) is 50.4 Å². The Morgan fingerprint density at radius 2 is 1.78 bits per heavy atom. The van der Waals surface area contributed by atoms with E-state index in [9.17, 15) is 9.59 Å². The first-order chi connectivity index (χ1) is 15.5. The first-order valence-corrected chi connectivity index (χ1v) is 11.0. The Hall–Kier alpha value is -3.48. The number of nitrogens with zero attached hydrogens (tertiary/aromatic N) is 4. The number of benzene rings is 1. The average molecular weight is 433 g/mol. The number of aromatic nitrogens is 3. The number of para-hydroxylation sites is 1. The number of esters is 1. The summed E-state index contributed by atoms with van der Waals surface area (Å²) < 4.78 is 7.29. The van der Waals surface area contributed by atoms with E-state index in [1.807, 2.05) is 55.1 Å². The molecular weight excluding hydrogens is 404 g/mol. The van der Waals surface area contributed by atoms with Gasteiger partial charge >= 0.3 is 5.97 Å². The summed E-state index contributed by atoms with van der Waals surface area (Å²) in [5.74, 6) is -0.736. The predicted molar refractivity (Wildman–Crippen MR) is 121 cm³/mol. The standard InChI is InChI=1S/C25H28N4O3/c1-17-9-7-10-18(2)29(17)24(30)19(3)32-25(31)22-16-28(21-12-5-4-6-13-21)27-23(22)20-11-8-14-26-15-20/h4-6,8,11-19H,7,9-10H2,1-3H3/t17-,18+,19-/m0/s1. The molecule has 3 aromatic rings. The molecule has 1 saturated heterocycles. The molecule has 32 heavy (non-hydrogen) atoms. The van der Waals surface area contributed by atoms with Crippen LogP contribution < -0.4 is 0 Å². The Morgan fingerprint density at radius 1 is 1.06 bits per heavy atom. The molecule has 7 heteroatoms. The molecule has 1 aliphatic heterocycles. The van der Waals surface area contributed by atoms with Crippen LogP contribution in [-0.2, 0) is 9.53 Å². The Morgan fingerprint density at radius 3 is 2.44 bits per heavy atom. The first kappa shape index (κ1) is 21.7. The van der Waals surface area contributed by atoms with Gasteiger partial charge in [-0.1, -0.05) is 18.2 Å². The third kappa shape index (κ3) is 4.42. The Kier molecular flexibility index (Phi) is 6.35. The van der Waals surface area contributed by atoms with Crippen molar-refractivity contribution in [2.45, 2.75) is 58.2 Å². The number of pyridine rings is 1. The third-order valence-electron chi connectivity index (χ3n) is 5.97. The molecule has 3 atom stereocenters. The minimum atomic E-state index is -0.882. The fraction of sp³-hybridized carbons (Fsp3) is 0.360. The second-order valence-corrected chi connectivity index (χ2v) is 8.34. The molecular formula is C25H28N4O3. The summed E-state index contributed by atoms with van der Waals surface area (Å²) in [6.07, 6.45) is 7.11. The molecule has 1 fully saturated rings. The molecule has 0 bridgehead atoms. The minimum Gasteiger partial charge on any atom is -0.449 e. The molecule has 4 rings (SSSR count). The van der Waals surface area contributed by atoms with Gasteiger partial charge in [0.2, 0.25) is 0 Å². The van der Waals surface area contributed by atoms with Gasteiger partial charge in [0.25, 0.3) is 5.91 Å². The van der Waals surface area contributed by atoms with Gasteiger partial charge in [0.1, 0.15) is 11.3 Å². The van der Waals surface area contributed by atoms with Gasteiger partial charge in [0, 0.05) is 36.2 Å². The van der Waals surface area contributed by atoms with Gasteiger partial charge in [-0.3, -0.25) is 9.78 Å². The molecule has 166 valence electrons. The average Bonchev–Trinajstić information content (AvgIpc) is 3.26. The number of hydrogen-bond acceptors (Lipinski definition) is 5. The van der Waals surface area contributed by atoms with Crippen LogP contribution >= 0.6 is 0 Å². The highest BCUT2D eigenvalue weighted by molar-refractivity contribution is 5.97. The van der Waals surface area contributed by atoms with Crippen LogP contribution in [0.5, 0.6) is 0 Å². The number of piperidine rings is 1. The second kappa shape index (κ2) is 9.34. The first-order valence-electron chi connectivity index (χ1n) is 11.0. The van der Waals surface area contributed by atoms with E-state index >= 15 is 0 Å². The summed E-state index contributed by atoms with van der Waals surface area (Å²) in [5, 5.41) is 4.62. The molecule has 1 amide bonds. The highest BCUT2D eigenvalue weighted by Gasteiger charge is 2.34. The lowest BCUT2D eigenvalue weighted by atomic mass is 9.97. The molecule has 0 N–H and O–H groups in total. The van der Waals surface area contributed by atoms with Crippen LogP contribution in [0.2, 0.25) is 0 Å². The van der Waals surface area contributed by atoms with Crippen molar-refractivity contribution in [1.29, 1.82) is 0 Å². The van der Waals surface area contributed by atoms with Crippen LogP contribution in [0.3, 0.4) is 0 Å². The molecule has 1 aliphatic rings. The van der Waals surface area contributed by atoms with Crippen LogP contribution in [0.25, 0.3) is 16.9 Å². The number of amides is 1. The van der Waals surface area contributed by atoms with Crippen LogP contribution in [0.4, 0.5) is 0 Å². The SMILES string of the molecule is C[C@H](OC(=O)c1cn(-c2ccccc2)nc1-c1cccnc1)C(=O)N1[C@H](C)CCC[C@@H]1C. The van der Waals surface area contributed by atoms with Crippen molar-refractivity contribution in [3.8, 4) is 16.9 Å². The van der Waals surface area contributed by atoms with Gasteiger partial charge in [-0.15, -0.1) is 0 Å². The molecule has 3 heterocycles. The van der Waals surface area contributed by atoms with Gasteiger partial charge in [-0.05, 0) is 64.3 Å². The summed E-state index contributed by atoms with van der Waals surface area (Å²) >= 11 is 0. The quantitative estimate of drug-likeness (QED) is 0.563. The number of rotatable bonds is 5. The lowest BCUT2D eigenvalue weighted by molar-refractivity contribution is -0.146. The highest BCUT2D eigenvalue weighted by atomic mass is 16.5. The van der Waals surface area contributed by atoms with Crippen LogP contribution in [-0.4, -0.2) is 49.7 Å². The Balaban J connectivity index is 1.61. The predicted octanol–water partition coefficient (Wildman–Crippen LogP) is 4.27. The minimum absolute atomic E-state index is 0.138. The fourth-order valence-electron chi connectivity index (χ4n) is 4.29. The van der Waals surface area contributed by atoms with E-state index in [1.54, 1.807) is 36.3 Å². The van der Waals surface area contributed by atoms with Gasteiger partial charge in [-0.25, -0.2) is 9.48 Å². The largest absolute Gasteiger partial charge is 0.449 e. The van der Waals surface area contributed by atoms with Gasteiger partial charge in [0.15, 0.2) is 6.10 Å². The van der Waals surface area contributed by atoms with E-state index in [1.165, 1.54) is 0 Å². The van der Waals surface area contributed by atoms with E-state index in [0.29, 0.717) is 16.8 Å². The summed E-state index contributed by atoms with van der Waals surface area (Å²) in [4.78, 5) is 32.3. The number of carbonyl (C=O) groups excluding carboxylic acids is 2. The van der Waals surface area contributed by atoms with Gasteiger partial charge < -0.3 is 9.64 Å². The van der Waals surface area contributed by atoms with E-state index in [0.717, 1.165) is 24.9 Å². The molecule has 2 aromatic heterocycles. The second-order valence-electron chi connectivity index (χ2n) is 8.34. The van der Waals surface area contributed by atoms with Crippen molar-refractivity contribution < 1.29 is 14.3 Å². The lowest BCUT2D eigenvalue weighted by Crippen LogP contribution is -2.51. The fourth-order valence-corrected chi connectivity index (χ4v) is 4.29. The maximum atomic E-state index is 13.2. The normalized spacial score (nSPS) is 19.4. The Bertz CT molecular complexity index is 1070. The molecule has 0 aliphatic carbocycles. The zero-order chi connectivity index (χ0) is 22.7.